The maximum absolute atomic E-state index is 10.8. The van der Waals surface area contributed by atoms with E-state index in [4.69, 9.17) is 9.94 Å². The Morgan fingerprint density at radius 2 is 2.25 bits per heavy atom. The quantitative estimate of drug-likeness (QED) is 0.235. The number of carboxylic acids is 1. The molecule has 0 spiro atoms. The summed E-state index contributed by atoms with van der Waals surface area (Å²) in [4.78, 5) is 15.7. The predicted molar refractivity (Wildman–Crippen MR) is 61.5 cm³/mol. The first-order chi connectivity index (χ1) is 7.72. The number of nitrogens with one attached hydrogen (secondary N) is 2. The van der Waals surface area contributed by atoms with Crippen molar-refractivity contribution >= 4 is 5.97 Å². The molecule has 0 radical (unpaired) electrons. The van der Waals surface area contributed by atoms with Crippen LogP contribution in [0.25, 0.3) is 0 Å². The molecule has 92 valence electrons. The number of carboxylic acid groups (broad SMARTS) is 1. The lowest BCUT2D eigenvalue weighted by atomic mass is 10.1. The first-order valence-electron chi connectivity index (χ1n) is 5.47. The van der Waals surface area contributed by atoms with Gasteiger partial charge >= 0.3 is 5.97 Å². The van der Waals surface area contributed by atoms with Crippen molar-refractivity contribution in [2.75, 3.05) is 13.2 Å². The average Bonchev–Trinajstić information content (AvgIpc) is 2.26. The van der Waals surface area contributed by atoms with Gasteiger partial charge in [0.2, 0.25) is 0 Å². The molecule has 0 fully saturated rings. The number of unbranched alkanes of at least 4 members (excludes halogenated alkanes) is 1. The lowest BCUT2D eigenvalue weighted by molar-refractivity contribution is -0.144. The topological polar surface area (TPSA) is 70.6 Å². The molecule has 5 heteroatoms. The molecule has 0 saturated carbocycles. The second-order valence-corrected chi connectivity index (χ2v) is 3.24. The van der Waals surface area contributed by atoms with Gasteiger partial charge in [-0.1, -0.05) is 5.92 Å². The van der Waals surface area contributed by atoms with Gasteiger partial charge in [-0.05, 0) is 33.1 Å². The fraction of sp³-hybridized carbons (Fsp3) is 0.727. The van der Waals surface area contributed by atoms with Crippen molar-refractivity contribution in [3.63, 3.8) is 0 Å². The molecule has 0 bridgehead atoms. The van der Waals surface area contributed by atoms with Crippen molar-refractivity contribution in [1.82, 2.24) is 10.8 Å². The first kappa shape index (κ1) is 14.8. The van der Waals surface area contributed by atoms with Crippen molar-refractivity contribution in [2.45, 2.75) is 39.2 Å². The van der Waals surface area contributed by atoms with Crippen LogP contribution < -0.4 is 10.8 Å². The fourth-order valence-corrected chi connectivity index (χ4v) is 1.13. The fourth-order valence-electron chi connectivity index (χ4n) is 1.13. The second kappa shape index (κ2) is 10.3. The lowest BCUT2D eigenvalue weighted by Gasteiger charge is -2.13. The largest absolute Gasteiger partial charge is 0.480 e. The highest BCUT2D eigenvalue weighted by Gasteiger charge is 2.15. The van der Waals surface area contributed by atoms with E-state index in [-0.39, 0.29) is 0 Å². The van der Waals surface area contributed by atoms with Gasteiger partial charge in [0.15, 0.2) is 0 Å². The van der Waals surface area contributed by atoms with Gasteiger partial charge in [-0.15, -0.1) is 0 Å². The van der Waals surface area contributed by atoms with E-state index >= 15 is 0 Å². The molecule has 1 atom stereocenters. The third kappa shape index (κ3) is 8.09. The maximum atomic E-state index is 10.8. The summed E-state index contributed by atoms with van der Waals surface area (Å²) in [6.45, 7) is 4.80. The minimum atomic E-state index is -0.880. The van der Waals surface area contributed by atoms with Gasteiger partial charge in [0, 0.05) is 12.6 Å². The van der Waals surface area contributed by atoms with Gasteiger partial charge in [0.25, 0.3) is 0 Å². The number of carbonyl (C=O) groups is 1. The molecule has 0 rings (SSSR count). The summed E-state index contributed by atoms with van der Waals surface area (Å²) in [5.74, 6) is 1.85. The van der Waals surface area contributed by atoms with Gasteiger partial charge in [-0.25, -0.2) is 0 Å². The van der Waals surface area contributed by atoms with Crippen LogP contribution in [-0.2, 0) is 9.63 Å². The molecule has 0 amide bonds. The molecule has 0 aliphatic rings. The summed E-state index contributed by atoms with van der Waals surface area (Å²) >= 11 is 0. The molecule has 0 saturated heterocycles. The maximum Gasteiger partial charge on any atom is 0.323 e. The third-order valence-electron chi connectivity index (χ3n) is 1.93. The summed E-state index contributed by atoms with van der Waals surface area (Å²) in [7, 11) is 0. The minimum Gasteiger partial charge on any atom is -0.480 e. The van der Waals surface area contributed by atoms with E-state index in [1.54, 1.807) is 13.8 Å². The summed E-state index contributed by atoms with van der Waals surface area (Å²) in [6.07, 6.45) is 2.26. The zero-order valence-electron chi connectivity index (χ0n) is 9.88. The van der Waals surface area contributed by atoms with Gasteiger partial charge < -0.3 is 15.3 Å². The average molecular weight is 228 g/mol. The number of rotatable bonds is 9. The van der Waals surface area contributed by atoms with Crippen molar-refractivity contribution in [3.8, 4) is 12.0 Å². The molecule has 0 aliphatic heterocycles. The smallest absolute Gasteiger partial charge is 0.323 e. The highest BCUT2D eigenvalue weighted by atomic mass is 16.6. The highest BCUT2D eigenvalue weighted by Crippen LogP contribution is 2.00. The van der Waals surface area contributed by atoms with E-state index in [1.165, 1.54) is 0 Å². The van der Waals surface area contributed by atoms with Gasteiger partial charge in [-0.2, -0.15) is 5.48 Å². The number of hydroxylamine groups is 1. The Kier molecular flexibility index (Phi) is 9.47. The Labute approximate surface area is 96.5 Å². The summed E-state index contributed by atoms with van der Waals surface area (Å²) in [5.41, 5.74) is 2.52. The molecule has 0 aliphatic carbocycles. The minimum absolute atomic E-state index is 0.456. The summed E-state index contributed by atoms with van der Waals surface area (Å²) in [6, 6.07) is 2.11. The second-order valence-electron chi connectivity index (χ2n) is 3.24. The number of hydrogen-bond acceptors (Lipinski definition) is 4. The Morgan fingerprint density at radius 1 is 1.50 bits per heavy atom. The van der Waals surface area contributed by atoms with Gasteiger partial charge in [0.05, 0.1) is 6.61 Å². The third-order valence-corrected chi connectivity index (χ3v) is 1.93. The molecule has 0 heterocycles. The normalized spacial score (nSPS) is 11.4. The Morgan fingerprint density at radius 3 is 2.81 bits per heavy atom. The van der Waals surface area contributed by atoms with Crippen LogP contribution in [0.1, 0.15) is 33.1 Å². The molecule has 0 aromatic carbocycles. The Bertz CT molecular complexity index is 245. The van der Waals surface area contributed by atoms with Gasteiger partial charge in [-0.3, -0.25) is 4.79 Å². The van der Waals surface area contributed by atoms with Crippen molar-refractivity contribution in [1.29, 1.82) is 0 Å². The first-order valence-corrected chi connectivity index (χ1v) is 5.47. The van der Waals surface area contributed by atoms with Crippen LogP contribution in [0.3, 0.4) is 0 Å². The number of aliphatic carboxylic acids is 1. The zero-order valence-corrected chi connectivity index (χ0v) is 9.88. The molecule has 16 heavy (non-hydrogen) atoms. The molecule has 1 unspecified atom stereocenters. The van der Waals surface area contributed by atoms with Crippen LogP contribution in [0.15, 0.2) is 0 Å². The van der Waals surface area contributed by atoms with E-state index in [2.05, 4.69) is 22.8 Å². The van der Waals surface area contributed by atoms with E-state index < -0.39 is 12.0 Å². The van der Waals surface area contributed by atoms with E-state index in [0.717, 1.165) is 19.4 Å². The summed E-state index contributed by atoms with van der Waals surface area (Å²) < 4.78 is 0. The van der Waals surface area contributed by atoms with Crippen LogP contribution >= 0.6 is 0 Å². The highest BCUT2D eigenvalue weighted by molar-refractivity contribution is 5.73. The van der Waals surface area contributed by atoms with Crippen LogP contribution in [0.5, 0.6) is 0 Å². The van der Waals surface area contributed by atoms with Crippen LogP contribution in [0, 0.1) is 12.0 Å². The standard InChI is InChI=1S/C11H20N2O3/c1-3-8-12-9-6-5-7-10(11(14)15)13-16-4-2/h10,12-13H,4-7,9H2,1-2H3,(H,14,15). The van der Waals surface area contributed by atoms with Gasteiger partial charge in [0.1, 0.15) is 6.04 Å². The van der Waals surface area contributed by atoms with E-state index in [0.29, 0.717) is 13.0 Å². The van der Waals surface area contributed by atoms with Crippen LogP contribution in [0.4, 0.5) is 0 Å². The summed E-state index contributed by atoms with van der Waals surface area (Å²) in [5, 5.41) is 11.8. The Hall–Kier alpha value is -1.25. The van der Waals surface area contributed by atoms with Crippen molar-refractivity contribution in [2.24, 2.45) is 0 Å². The number of hydrogen-bond donors (Lipinski definition) is 3. The van der Waals surface area contributed by atoms with Crippen molar-refractivity contribution < 1.29 is 14.7 Å². The molecule has 3 N–H and O–H groups in total. The Balaban J connectivity index is 3.58. The zero-order chi connectivity index (χ0) is 12.2. The SMILES string of the molecule is CC#CNCCCCC(NOCC)C(=O)O. The molecule has 0 aromatic rings. The monoisotopic (exact) mass is 228 g/mol. The van der Waals surface area contributed by atoms with E-state index in [9.17, 15) is 4.79 Å². The van der Waals surface area contributed by atoms with Crippen molar-refractivity contribution in [3.05, 3.63) is 0 Å². The lowest BCUT2D eigenvalue weighted by Crippen LogP contribution is -2.36. The molecule has 0 aromatic heterocycles. The van der Waals surface area contributed by atoms with Crippen LogP contribution in [0.2, 0.25) is 0 Å². The van der Waals surface area contributed by atoms with E-state index in [1.807, 2.05) is 0 Å². The molecule has 5 nitrogen and oxygen atoms in total. The molecular weight excluding hydrogens is 208 g/mol. The predicted octanol–water partition coefficient (Wildman–Crippen LogP) is 0.721. The molecular formula is C11H20N2O3. The van der Waals surface area contributed by atoms with Crippen LogP contribution in [-0.4, -0.2) is 30.3 Å².